The summed E-state index contributed by atoms with van der Waals surface area (Å²) in [6.07, 6.45) is 1.23. The van der Waals surface area contributed by atoms with Crippen LogP contribution < -0.4 is 5.32 Å². The number of nitrogens with one attached hydrogen (secondary N) is 1. The van der Waals surface area contributed by atoms with Gasteiger partial charge in [0, 0.05) is 17.3 Å². The van der Waals surface area contributed by atoms with Gasteiger partial charge >= 0.3 is 0 Å². The number of thiazole rings is 1. The highest BCUT2D eigenvalue weighted by Crippen LogP contribution is 2.28. The molecule has 0 saturated heterocycles. The van der Waals surface area contributed by atoms with Gasteiger partial charge in [-0.25, -0.2) is 13.4 Å². The zero-order valence-corrected chi connectivity index (χ0v) is 15.0. The Kier molecular flexibility index (Phi) is 5.24. The van der Waals surface area contributed by atoms with Crippen LogP contribution in [0.15, 0.2) is 23.6 Å². The fourth-order valence-corrected chi connectivity index (χ4v) is 4.32. The molecule has 0 unspecified atom stereocenters. The topological polar surface area (TPSA) is 59.1 Å². The van der Waals surface area contributed by atoms with Crippen molar-refractivity contribution in [3.63, 3.8) is 0 Å². The minimum Gasteiger partial charge on any atom is -0.379 e. The molecule has 0 aliphatic rings. The van der Waals surface area contributed by atoms with Crippen molar-refractivity contribution in [2.45, 2.75) is 39.0 Å². The highest BCUT2D eigenvalue weighted by Gasteiger charge is 2.11. The maximum atomic E-state index is 11.3. The lowest BCUT2D eigenvalue weighted by atomic mass is 9.98. The van der Waals surface area contributed by atoms with Crippen LogP contribution >= 0.6 is 11.3 Å². The number of hydrogen-bond donors (Lipinski definition) is 1. The molecule has 0 spiro atoms. The Bertz CT molecular complexity index is 749. The molecule has 1 heterocycles. The summed E-state index contributed by atoms with van der Waals surface area (Å²) in [6.45, 7) is 7.04. The average Bonchev–Trinajstić information content (AvgIpc) is 2.82. The van der Waals surface area contributed by atoms with Gasteiger partial charge in [-0.3, -0.25) is 0 Å². The summed E-state index contributed by atoms with van der Waals surface area (Å²) < 4.78 is 22.6. The molecular weight excluding hydrogens is 316 g/mol. The van der Waals surface area contributed by atoms with E-state index >= 15 is 0 Å². The number of rotatable bonds is 6. The lowest BCUT2D eigenvalue weighted by molar-refractivity contribution is 0.601. The molecule has 6 heteroatoms. The van der Waals surface area contributed by atoms with E-state index < -0.39 is 9.84 Å². The van der Waals surface area contributed by atoms with E-state index in [1.807, 2.05) is 5.38 Å². The van der Waals surface area contributed by atoms with Crippen molar-refractivity contribution in [2.75, 3.05) is 11.6 Å². The SMILES string of the molecule is Cc1cccc(C(C)C)c1NCc1csc(CS(C)(=O)=O)n1. The van der Waals surface area contributed by atoms with Gasteiger partial charge in [0.2, 0.25) is 0 Å². The molecule has 0 radical (unpaired) electrons. The normalized spacial score (nSPS) is 11.9. The third-order valence-electron chi connectivity index (χ3n) is 3.36. The molecule has 22 heavy (non-hydrogen) atoms. The highest BCUT2D eigenvalue weighted by molar-refractivity contribution is 7.90. The predicted octanol–water partition coefficient (Wildman–Crippen LogP) is 3.73. The second kappa shape index (κ2) is 6.79. The van der Waals surface area contributed by atoms with Crippen LogP contribution in [-0.2, 0) is 22.1 Å². The van der Waals surface area contributed by atoms with Crippen molar-refractivity contribution in [2.24, 2.45) is 0 Å². The van der Waals surface area contributed by atoms with Gasteiger partial charge in [0.15, 0.2) is 9.84 Å². The third-order valence-corrected chi connectivity index (χ3v) is 5.24. The van der Waals surface area contributed by atoms with E-state index in [1.54, 1.807) is 0 Å². The summed E-state index contributed by atoms with van der Waals surface area (Å²) in [4.78, 5) is 4.39. The lowest BCUT2D eigenvalue weighted by Crippen LogP contribution is -2.06. The number of sulfone groups is 1. The van der Waals surface area contributed by atoms with E-state index in [2.05, 4.69) is 49.3 Å². The van der Waals surface area contributed by atoms with Crippen molar-refractivity contribution in [1.29, 1.82) is 0 Å². The molecule has 0 saturated carbocycles. The summed E-state index contributed by atoms with van der Waals surface area (Å²) in [5.74, 6) is 0.456. The van der Waals surface area contributed by atoms with E-state index in [0.29, 0.717) is 17.5 Å². The quantitative estimate of drug-likeness (QED) is 0.872. The Balaban J connectivity index is 2.11. The van der Waals surface area contributed by atoms with Crippen molar-refractivity contribution in [3.8, 4) is 0 Å². The minimum atomic E-state index is -3.03. The van der Waals surface area contributed by atoms with Gasteiger partial charge < -0.3 is 5.32 Å². The molecular formula is C16H22N2O2S2. The smallest absolute Gasteiger partial charge is 0.153 e. The van der Waals surface area contributed by atoms with Crippen molar-refractivity contribution < 1.29 is 8.42 Å². The Hall–Kier alpha value is -1.40. The summed E-state index contributed by atoms with van der Waals surface area (Å²) in [7, 11) is -3.03. The second-order valence-electron chi connectivity index (χ2n) is 5.85. The zero-order valence-electron chi connectivity index (χ0n) is 13.4. The molecule has 0 aliphatic carbocycles. The van der Waals surface area contributed by atoms with Gasteiger partial charge in [0.05, 0.1) is 12.2 Å². The van der Waals surface area contributed by atoms with Crippen LogP contribution in [0.4, 0.5) is 5.69 Å². The first-order chi connectivity index (χ1) is 10.3. The first kappa shape index (κ1) is 17.0. The zero-order chi connectivity index (χ0) is 16.3. The number of hydrogen-bond acceptors (Lipinski definition) is 5. The first-order valence-corrected chi connectivity index (χ1v) is 10.1. The molecule has 1 aromatic carbocycles. The number of aromatic nitrogens is 1. The average molecular weight is 338 g/mol. The molecule has 4 nitrogen and oxygen atoms in total. The van der Waals surface area contributed by atoms with E-state index in [0.717, 1.165) is 11.4 Å². The molecule has 2 aromatic rings. The van der Waals surface area contributed by atoms with Gasteiger partial charge in [-0.1, -0.05) is 32.0 Å². The predicted molar refractivity (Wildman–Crippen MR) is 93.3 cm³/mol. The molecule has 0 atom stereocenters. The highest BCUT2D eigenvalue weighted by atomic mass is 32.2. The standard InChI is InChI=1S/C16H22N2O2S2/c1-11(2)14-7-5-6-12(3)16(14)17-8-13-9-21-15(18-13)10-22(4,19)20/h5-7,9,11,17H,8,10H2,1-4H3. The molecule has 1 N–H and O–H groups in total. The maximum absolute atomic E-state index is 11.3. The molecule has 1 aromatic heterocycles. The third kappa shape index (κ3) is 4.55. The van der Waals surface area contributed by atoms with Gasteiger partial charge in [-0.2, -0.15) is 0 Å². The molecule has 0 fully saturated rings. The van der Waals surface area contributed by atoms with E-state index in [9.17, 15) is 8.42 Å². The summed E-state index contributed by atoms with van der Waals surface area (Å²) >= 11 is 1.40. The summed E-state index contributed by atoms with van der Waals surface area (Å²) in [5, 5.41) is 6.01. The number of anilines is 1. The number of nitrogens with zero attached hydrogens (tertiary/aromatic N) is 1. The Labute approximate surface area is 136 Å². The fourth-order valence-electron chi connectivity index (χ4n) is 2.31. The van der Waals surface area contributed by atoms with Crippen molar-refractivity contribution >= 4 is 26.9 Å². The minimum absolute atomic E-state index is 0.0132. The van der Waals surface area contributed by atoms with Gasteiger partial charge in [-0.15, -0.1) is 11.3 Å². The van der Waals surface area contributed by atoms with Crippen LogP contribution in [0.25, 0.3) is 0 Å². The Morgan fingerprint density at radius 1 is 1.32 bits per heavy atom. The van der Waals surface area contributed by atoms with Crippen LogP contribution in [0.3, 0.4) is 0 Å². The summed E-state index contributed by atoms with van der Waals surface area (Å²) in [6, 6.07) is 6.30. The van der Waals surface area contributed by atoms with Crippen LogP contribution in [0.5, 0.6) is 0 Å². The maximum Gasteiger partial charge on any atom is 0.153 e. The first-order valence-electron chi connectivity index (χ1n) is 7.20. The monoisotopic (exact) mass is 338 g/mol. The largest absolute Gasteiger partial charge is 0.379 e. The van der Waals surface area contributed by atoms with Crippen LogP contribution in [-0.4, -0.2) is 19.7 Å². The van der Waals surface area contributed by atoms with Crippen molar-refractivity contribution in [1.82, 2.24) is 4.98 Å². The Morgan fingerprint density at radius 2 is 2.05 bits per heavy atom. The van der Waals surface area contributed by atoms with E-state index in [-0.39, 0.29) is 5.75 Å². The van der Waals surface area contributed by atoms with Gasteiger partial charge in [0.25, 0.3) is 0 Å². The number of benzene rings is 1. The summed E-state index contributed by atoms with van der Waals surface area (Å²) in [5.41, 5.74) is 4.51. The number of para-hydroxylation sites is 1. The molecule has 2 rings (SSSR count). The van der Waals surface area contributed by atoms with Gasteiger partial charge in [-0.05, 0) is 24.0 Å². The Morgan fingerprint density at radius 3 is 2.68 bits per heavy atom. The molecule has 0 bridgehead atoms. The number of aryl methyl sites for hydroxylation is 1. The fraction of sp³-hybridized carbons (Fsp3) is 0.438. The van der Waals surface area contributed by atoms with E-state index in [4.69, 9.17) is 0 Å². The van der Waals surface area contributed by atoms with Crippen molar-refractivity contribution in [3.05, 3.63) is 45.4 Å². The molecule has 120 valence electrons. The second-order valence-corrected chi connectivity index (χ2v) is 8.93. The van der Waals surface area contributed by atoms with Crippen LogP contribution in [0.2, 0.25) is 0 Å². The van der Waals surface area contributed by atoms with E-state index in [1.165, 1.54) is 28.7 Å². The van der Waals surface area contributed by atoms with Gasteiger partial charge in [0.1, 0.15) is 10.8 Å². The molecule has 0 amide bonds. The van der Waals surface area contributed by atoms with Crippen LogP contribution in [0, 0.1) is 6.92 Å². The lowest BCUT2D eigenvalue weighted by Gasteiger charge is -2.16. The molecule has 0 aliphatic heterocycles. The van der Waals surface area contributed by atoms with Crippen LogP contribution in [0.1, 0.15) is 41.6 Å².